The van der Waals surface area contributed by atoms with Gasteiger partial charge in [-0.05, 0) is 31.2 Å². The second kappa shape index (κ2) is 8.47. The maximum atomic E-state index is 12.8. The number of phenolic OH excluding ortho intramolecular Hbond substituents is 1. The summed E-state index contributed by atoms with van der Waals surface area (Å²) in [6.07, 6.45) is 0. The molecule has 0 fully saturated rings. The van der Waals surface area contributed by atoms with Crippen molar-refractivity contribution >= 4 is 22.6 Å². The first kappa shape index (κ1) is 21.0. The van der Waals surface area contributed by atoms with E-state index in [1.807, 2.05) is 31.2 Å². The summed E-state index contributed by atoms with van der Waals surface area (Å²) in [7, 11) is 2.79. The van der Waals surface area contributed by atoms with Crippen LogP contribution in [0.5, 0.6) is 17.2 Å². The van der Waals surface area contributed by atoms with Crippen LogP contribution in [0.1, 0.15) is 15.9 Å². The van der Waals surface area contributed by atoms with E-state index in [2.05, 4.69) is 5.32 Å². The number of hydrogen-bond donors (Lipinski definition) is 2. The molecule has 0 aliphatic carbocycles. The zero-order valence-corrected chi connectivity index (χ0v) is 17.8. The van der Waals surface area contributed by atoms with Crippen LogP contribution in [-0.2, 0) is 0 Å². The van der Waals surface area contributed by atoms with E-state index in [4.69, 9.17) is 13.9 Å². The van der Waals surface area contributed by atoms with Crippen LogP contribution in [0.2, 0.25) is 0 Å². The van der Waals surface area contributed by atoms with Gasteiger partial charge in [0.15, 0.2) is 16.9 Å². The zero-order valence-electron chi connectivity index (χ0n) is 17.8. The topological polar surface area (TPSA) is 98.0 Å². The third-order valence-corrected chi connectivity index (χ3v) is 5.06. The number of ether oxygens (including phenoxy) is 2. The maximum Gasteiger partial charge on any atom is 0.255 e. The molecule has 162 valence electrons. The van der Waals surface area contributed by atoms with Gasteiger partial charge in [0.2, 0.25) is 5.75 Å². The quantitative estimate of drug-likeness (QED) is 0.474. The van der Waals surface area contributed by atoms with Crippen LogP contribution in [-0.4, -0.2) is 25.2 Å². The number of hydrogen-bond acceptors (Lipinski definition) is 6. The van der Waals surface area contributed by atoms with Crippen molar-refractivity contribution in [1.82, 2.24) is 0 Å². The number of aryl methyl sites for hydroxylation is 1. The molecular weight excluding hydrogens is 410 g/mol. The average Bonchev–Trinajstić information content (AvgIpc) is 2.80. The number of anilines is 1. The lowest BCUT2D eigenvalue weighted by Crippen LogP contribution is -2.11. The molecule has 0 saturated heterocycles. The molecule has 7 nitrogen and oxygen atoms in total. The monoisotopic (exact) mass is 431 g/mol. The van der Waals surface area contributed by atoms with Gasteiger partial charge in [-0.15, -0.1) is 0 Å². The van der Waals surface area contributed by atoms with Gasteiger partial charge in [-0.25, -0.2) is 0 Å². The second-order valence-electron chi connectivity index (χ2n) is 7.21. The third kappa shape index (κ3) is 3.88. The van der Waals surface area contributed by atoms with Crippen molar-refractivity contribution in [3.8, 4) is 28.6 Å². The molecule has 0 saturated carbocycles. The summed E-state index contributed by atoms with van der Waals surface area (Å²) in [4.78, 5) is 25.4. The predicted octanol–water partition coefficient (Wildman–Crippen LogP) is 4.74. The molecule has 0 radical (unpaired) electrons. The summed E-state index contributed by atoms with van der Waals surface area (Å²) >= 11 is 0. The minimum absolute atomic E-state index is 0.0142. The van der Waals surface area contributed by atoms with Crippen LogP contribution in [0.4, 0.5) is 5.69 Å². The molecule has 0 unspecified atom stereocenters. The number of carbonyl (C=O) groups excluding carboxylic acids is 1. The number of phenols is 1. The summed E-state index contributed by atoms with van der Waals surface area (Å²) in [5.41, 5.74) is 2.40. The minimum Gasteiger partial charge on any atom is -0.504 e. The van der Waals surface area contributed by atoms with Crippen LogP contribution in [0, 0.1) is 6.92 Å². The Morgan fingerprint density at radius 2 is 1.75 bits per heavy atom. The number of fused-ring (bicyclic) bond motifs is 1. The average molecular weight is 431 g/mol. The van der Waals surface area contributed by atoms with E-state index in [9.17, 15) is 14.7 Å². The van der Waals surface area contributed by atoms with Gasteiger partial charge in [0.25, 0.3) is 5.91 Å². The summed E-state index contributed by atoms with van der Waals surface area (Å²) in [6.45, 7) is 1.97. The molecule has 2 N–H and O–H groups in total. The van der Waals surface area contributed by atoms with Crippen LogP contribution in [0.15, 0.2) is 69.9 Å². The summed E-state index contributed by atoms with van der Waals surface area (Å²) < 4.78 is 16.3. The molecule has 1 amide bonds. The lowest BCUT2D eigenvalue weighted by atomic mass is 10.1. The van der Waals surface area contributed by atoms with Crippen molar-refractivity contribution in [3.63, 3.8) is 0 Å². The van der Waals surface area contributed by atoms with E-state index in [-0.39, 0.29) is 39.9 Å². The first-order valence-electron chi connectivity index (χ1n) is 9.81. The Labute approximate surface area is 183 Å². The van der Waals surface area contributed by atoms with Crippen LogP contribution >= 0.6 is 0 Å². The summed E-state index contributed by atoms with van der Waals surface area (Å²) in [5, 5.41) is 13.3. The largest absolute Gasteiger partial charge is 0.504 e. The van der Waals surface area contributed by atoms with E-state index in [0.717, 1.165) is 5.56 Å². The molecule has 4 rings (SSSR count). The van der Waals surface area contributed by atoms with Crippen molar-refractivity contribution in [2.75, 3.05) is 19.5 Å². The van der Waals surface area contributed by atoms with Crippen molar-refractivity contribution in [2.45, 2.75) is 6.92 Å². The molecular formula is C25H21NO6. The molecule has 7 heteroatoms. The highest BCUT2D eigenvalue weighted by Crippen LogP contribution is 2.42. The number of aromatic hydroxyl groups is 1. The lowest BCUT2D eigenvalue weighted by molar-refractivity contribution is 0.102. The fourth-order valence-corrected chi connectivity index (χ4v) is 3.41. The second-order valence-corrected chi connectivity index (χ2v) is 7.21. The van der Waals surface area contributed by atoms with Crippen molar-refractivity contribution < 1.29 is 23.8 Å². The molecule has 0 aliphatic rings. The number of methoxy groups -OCH3 is 2. The van der Waals surface area contributed by atoms with Gasteiger partial charge in [0, 0.05) is 28.9 Å². The van der Waals surface area contributed by atoms with Crippen LogP contribution in [0.25, 0.3) is 22.3 Å². The molecule has 0 atom stereocenters. The van der Waals surface area contributed by atoms with Crippen molar-refractivity contribution in [1.29, 1.82) is 0 Å². The molecule has 0 spiro atoms. The van der Waals surface area contributed by atoms with Gasteiger partial charge >= 0.3 is 0 Å². The van der Waals surface area contributed by atoms with Crippen LogP contribution < -0.4 is 20.2 Å². The molecule has 0 bridgehead atoms. The molecule has 4 aromatic rings. The highest BCUT2D eigenvalue weighted by atomic mass is 16.5. The summed E-state index contributed by atoms with van der Waals surface area (Å²) in [5.74, 6) is -0.116. The molecule has 32 heavy (non-hydrogen) atoms. The standard InChI is InChI=1S/C25H21NO6/c1-14-7-9-17(10-8-14)26-25(29)16-6-4-5-15(11-16)19-12-18(27)22-20(32-19)13-21(30-2)24(31-3)23(22)28/h4-13,28H,1-3H3,(H,26,29). The Hall–Kier alpha value is -4.26. The molecule has 0 aliphatic heterocycles. The van der Waals surface area contributed by atoms with E-state index < -0.39 is 5.43 Å². The molecule has 1 aromatic heterocycles. The van der Waals surface area contributed by atoms with Gasteiger partial charge in [-0.1, -0.05) is 29.8 Å². The fraction of sp³-hybridized carbons (Fsp3) is 0.120. The normalized spacial score (nSPS) is 10.7. The highest BCUT2D eigenvalue weighted by molar-refractivity contribution is 6.05. The van der Waals surface area contributed by atoms with E-state index in [1.54, 1.807) is 24.3 Å². The van der Waals surface area contributed by atoms with Gasteiger partial charge in [-0.3, -0.25) is 9.59 Å². The Balaban J connectivity index is 1.74. The van der Waals surface area contributed by atoms with E-state index >= 15 is 0 Å². The Morgan fingerprint density at radius 3 is 2.44 bits per heavy atom. The van der Waals surface area contributed by atoms with Gasteiger partial charge in [0.1, 0.15) is 16.7 Å². The first-order valence-corrected chi connectivity index (χ1v) is 9.81. The third-order valence-electron chi connectivity index (χ3n) is 5.06. The molecule has 1 heterocycles. The van der Waals surface area contributed by atoms with Crippen molar-refractivity contribution in [3.05, 3.63) is 82.0 Å². The minimum atomic E-state index is -0.450. The highest BCUT2D eigenvalue weighted by Gasteiger charge is 2.19. The van der Waals surface area contributed by atoms with E-state index in [0.29, 0.717) is 16.8 Å². The number of carbonyl (C=O) groups is 1. The number of benzene rings is 3. The van der Waals surface area contributed by atoms with Crippen molar-refractivity contribution in [2.24, 2.45) is 0 Å². The van der Waals surface area contributed by atoms with Gasteiger partial charge in [-0.2, -0.15) is 0 Å². The number of rotatable bonds is 5. The summed E-state index contributed by atoms with van der Waals surface area (Å²) in [6, 6.07) is 17.0. The Kier molecular flexibility index (Phi) is 5.55. The van der Waals surface area contributed by atoms with Crippen LogP contribution in [0.3, 0.4) is 0 Å². The van der Waals surface area contributed by atoms with E-state index in [1.165, 1.54) is 26.4 Å². The number of amides is 1. The molecule has 3 aromatic carbocycles. The number of nitrogens with one attached hydrogen (secondary N) is 1. The van der Waals surface area contributed by atoms with Gasteiger partial charge < -0.3 is 24.3 Å². The smallest absolute Gasteiger partial charge is 0.255 e. The Morgan fingerprint density at radius 1 is 1.00 bits per heavy atom. The fourth-order valence-electron chi connectivity index (χ4n) is 3.41. The SMILES string of the molecule is COc1cc2oc(-c3cccc(C(=O)Nc4ccc(C)cc4)c3)cc(=O)c2c(O)c1OC. The zero-order chi connectivity index (χ0) is 22.8. The van der Waals surface area contributed by atoms with Gasteiger partial charge in [0.05, 0.1) is 14.2 Å². The maximum absolute atomic E-state index is 12.8. The Bertz CT molecular complexity index is 1370. The first-order chi connectivity index (χ1) is 15.4. The predicted molar refractivity (Wildman–Crippen MR) is 122 cm³/mol. The lowest BCUT2D eigenvalue weighted by Gasteiger charge is -2.12.